The molecule has 0 aromatic heterocycles. The molecule has 1 aromatic carbocycles. The van der Waals surface area contributed by atoms with Crippen LogP contribution in [0.1, 0.15) is 18.9 Å². The maximum atomic E-state index is 12.4. The molecule has 1 heterocycles. The van der Waals surface area contributed by atoms with Crippen LogP contribution in [-0.2, 0) is 9.59 Å². The molecule has 0 fully saturated rings. The molecule has 2 rings (SSSR count). The Balaban J connectivity index is 2.26. The zero-order valence-corrected chi connectivity index (χ0v) is 12.3. The summed E-state index contributed by atoms with van der Waals surface area (Å²) in [6, 6.07) is 5.56. The number of aliphatic hydroxyl groups excluding tert-OH is 1. The van der Waals surface area contributed by atoms with Crippen LogP contribution in [0, 0.1) is 6.92 Å². The van der Waals surface area contributed by atoms with Gasteiger partial charge in [0.15, 0.2) is 6.10 Å². The highest BCUT2D eigenvalue weighted by Gasteiger charge is 2.34. The number of carbonyl (C=O) groups is 2. The first-order chi connectivity index (χ1) is 10.1. The van der Waals surface area contributed by atoms with Crippen molar-refractivity contribution in [1.29, 1.82) is 0 Å². The van der Waals surface area contributed by atoms with Crippen LogP contribution in [0.15, 0.2) is 18.2 Å². The van der Waals surface area contributed by atoms with Crippen LogP contribution in [0.3, 0.4) is 0 Å². The summed E-state index contributed by atoms with van der Waals surface area (Å²) in [5.41, 5.74) is 1.60. The highest BCUT2D eigenvalue weighted by molar-refractivity contribution is 6.03. The smallest absolute Gasteiger partial charge is 0.268 e. The molecule has 0 aliphatic carbocycles. The van der Waals surface area contributed by atoms with Gasteiger partial charge in [-0.3, -0.25) is 14.5 Å². The summed E-state index contributed by atoms with van der Waals surface area (Å²) in [5, 5.41) is 11.3. The Morgan fingerprint density at radius 2 is 2.24 bits per heavy atom. The van der Waals surface area contributed by atoms with Crippen LogP contribution >= 0.6 is 0 Å². The number of hydrogen-bond donors (Lipinski definition) is 2. The number of anilines is 1. The number of rotatable bonds is 5. The number of fused-ring (bicyclic) bond motifs is 1. The van der Waals surface area contributed by atoms with Gasteiger partial charge in [-0.2, -0.15) is 0 Å². The fourth-order valence-corrected chi connectivity index (χ4v) is 2.25. The van der Waals surface area contributed by atoms with E-state index < -0.39 is 6.10 Å². The molecule has 1 aromatic rings. The quantitative estimate of drug-likeness (QED) is 0.833. The van der Waals surface area contributed by atoms with Crippen molar-refractivity contribution >= 4 is 17.5 Å². The molecule has 0 bridgehead atoms. The second-order valence-corrected chi connectivity index (χ2v) is 4.98. The minimum Gasteiger partial charge on any atom is -0.478 e. The molecule has 1 aliphatic heterocycles. The third-order valence-corrected chi connectivity index (χ3v) is 3.32. The van der Waals surface area contributed by atoms with Crippen molar-refractivity contribution in [3.8, 4) is 5.75 Å². The van der Waals surface area contributed by atoms with Crippen LogP contribution in [-0.4, -0.2) is 42.7 Å². The second kappa shape index (κ2) is 6.58. The topological polar surface area (TPSA) is 78.9 Å². The summed E-state index contributed by atoms with van der Waals surface area (Å²) in [7, 11) is 0. The Morgan fingerprint density at radius 3 is 2.90 bits per heavy atom. The van der Waals surface area contributed by atoms with Gasteiger partial charge >= 0.3 is 0 Å². The van der Waals surface area contributed by atoms with Gasteiger partial charge in [-0.1, -0.05) is 13.0 Å². The number of hydrogen-bond acceptors (Lipinski definition) is 4. The highest BCUT2D eigenvalue weighted by Crippen LogP contribution is 2.35. The Labute approximate surface area is 123 Å². The first-order valence-corrected chi connectivity index (χ1v) is 7.03. The maximum Gasteiger partial charge on any atom is 0.268 e. The summed E-state index contributed by atoms with van der Waals surface area (Å²) in [4.78, 5) is 25.7. The van der Waals surface area contributed by atoms with E-state index in [1.165, 1.54) is 4.90 Å². The first kappa shape index (κ1) is 15.3. The fourth-order valence-electron chi connectivity index (χ4n) is 2.25. The van der Waals surface area contributed by atoms with Crippen molar-refractivity contribution in [3.05, 3.63) is 23.8 Å². The molecule has 2 amide bonds. The molecule has 1 aliphatic rings. The van der Waals surface area contributed by atoms with Gasteiger partial charge in [-0.05, 0) is 31.0 Å². The summed E-state index contributed by atoms with van der Waals surface area (Å²) >= 11 is 0. The zero-order valence-electron chi connectivity index (χ0n) is 12.3. The summed E-state index contributed by atoms with van der Waals surface area (Å²) in [6.07, 6.45) is -0.0215. The number of carbonyl (C=O) groups excluding carboxylic acids is 2. The average Bonchev–Trinajstić information content (AvgIpc) is 2.48. The lowest BCUT2D eigenvalue weighted by Crippen LogP contribution is -2.49. The predicted molar refractivity (Wildman–Crippen MR) is 78.3 cm³/mol. The lowest BCUT2D eigenvalue weighted by Gasteiger charge is -2.33. The Kier molecular flexibility index (Phi) is 4.80. The molecule has 0 radical (unpaired) electrons. The van der Waals surface area contributed by atoms with E-state index in [1.54, 1.807) is 0 Å². The van der Waals surface area contributed by atoms with E-state index in [-0.39, 0.29) is 31.5 Å². The largest absolute Gasteiger partial charge is 0.478 e. The normalized spacial score (nSPS) is 17.2. The maximum absolute atomic E-state index is 12.4. The SMILES string of the molecule is CC[C@@H]1Oc2ccc(C)cc2N(CC(=O)NCCO)C1=O. The number of ether oxygens (including phenoxy) is 1. The minimum absolute atomic E-state index is 0.0743. The van der Waals surface area contributed by atoms with E-state index in [2.05, 4.69) is 5.32 Å². The Morgan fingerprint density at radius 1 is 1.48 bits per heavy atom. The molecule has 6 heteroatoms. The number of nitrogens with zero attached hydrogens (tertiary/aromatic N) is 1. The van der Waals surface area contributed by atoms with Gasteiger partial charge in [0, 0.05) is 6.54 Å². The highest BCUT2D eigenvalue weighted by atomic mass is 16.5. The van der Waals surface area contributed by atoms with Crippen molar-refractivity contribution in [1.82, 2.24) is 5.32 Å². The van der Waals surface area contributed by atoms with E-state index in [0.29, 0.717) is 17.9 Å². The zero-order chi connectivity index (χ0) is 15.4. The molecule has 0 spiro atoms. The van der Waals surface area contributed by atoms with Crippen molar-refractivity contribution in [2.75, 3.05) is 24.6 Å². The molecule has 0 saturated carbocycles. The van der Waals surface area contributed by atoms with E-state index in [1.807, 2.05) is 32.0 Å². The van der Waals surface area contributed by atoms with Gasteiger partial charge in [0.25, 0.3) is 5.91 Å². The van der Waals surface area contributed by atoms with Crippen LogP contribution in [0.2, 0.25) is 0 Å². The molecule has 0 unspecified atom stereocenters. The van der Waals surface area contributed by atoms with E-state index in [0.717, 1.165) is 5.56 Å². The molecule has 6 nitrogen and oxygen atoms in total. The summed E-state index contributed by atoms with van der Waals surface area (Å²) in [5.74, 6) is 0.0957. The lowest BCUT2D eigenvalue weighted by molar-refractivity contribution is -0.129. The van der Waals surface area contributed by atoms with Crippen LogP contribution < -0.4 is 15.0 Å². The fraction of sp³-hybridized carbons (Fsp3) is 0.467. The van der Waals surface area contributed by atoms with Gasteiger partial charge in [0.05, 0.1) is 12.3 Å². The number of benzene rings is 1. The van der Waals surface area contributed by atoms with Gasteiger partial charge in [-0.25, -0.2) is 0 Å². The third kappa shape index (κ3) is 3.33. The molecule has 1 atom stereocenters. The molecular formula is C15H20N2O4. The molecule has 2 N–H and O–H groups in total. The molecular weight excluding hydrogens is 272 g/mol. The first-order valence-electron chi connectivity index (χ1n) is 7.03. The van der Waals surface area contributed by atoms with Gasteiger partial charge in [-0.15, -0.1) is 0 Å². The number of aliphatic hydroxyl groups is 1. The van der Waals surface area contributed by atoms with E-state index in [9.17, 15) is 9.59 Å². The summed E-state index contributed by atoms with van der Waals surface area (Å²) < 4.78 is 5.68. The molecule has 0 saturated heterocycles. The number of aryl methyl sites for hydroxylation is 1. The van der Waals surface area contributed by atoms with E-state index >= 15 is 0 Å². The van der Waals surface area contributed by atoms with Gasteiger partial charge in [0.1, 0.15) is 12.3 Å². The average molecular weight is 292 g/mol. The molecule has 114 valence electrons. The summed E-state index contributed by atoms with van der Waals surface area (Å²) in [6.45, 7) is 3.76. The van der Waals surface area contributed by atoms with Crippen molar-refractivity contribution in [3.63, 3.8) is 0 Å². The Bertz CT molecular complexity index is 544. The number of nitrogens with one attached hydrogen (secondary N) is 1. The van der Waals surface area contributed by atoms with Crippen LogP contribution in [0.4, 0.5) is 5.69 Å². The van der Waals surface area contributed by atoms with Gasteiger partial charge < -0.3 is 15.2 Å². The number of amides is 2. The van der Waals surface area contributed by atoms with Crippen LogP contribution in [0.25, 0.3) is 0 Å². The van der Waals surface area contributed by atoms with Gasteiger partial charge in [0.2, 0.25) is 5.91 Å². The second-order valence-electron chi connectivity index (χ2n) is 4.98. The monoisotopic (exact) mass is 292 g/mol. The van der Waals surface area contributed by atoms with Crippen molar-refractivity contribution in [2.45, 2.75) is 26.4 Å². The predicted octanol–water partition coefficient (Wildman–Crippen LogP) is 0.608. The lowest BCUT2D eigenvalue weighted by atomic mass is 10.1. The standard InChI is InChI=1S/C15H20N2O4/c1-3-12-15(20)17(9-14(19)16-6-7-18)11-8-10(2)4-5-13(11)21-12/h4-5,8,12,18H,3,6-7,9H2,1-2H3,(H,16,19)/t12-/m0/s1. The van der Waals surface area contributed by atoms with Crippen molar-refractivity contribution in [2.24, 2.45) is 0 Å². The molecule has 21 heavy (non-hydrogen) atoms. The Hall–Kier alpha value is -2.08. The van der Waals surface area contributed by atoms with Crippen LogP contribution in [0.5, 0.6) is 5.75 Å². The van der Waals surface area contributed by atoms with Crippen molar-refractivity contribution < 1.29 is 19.4 Å². The third-order valence-electron chi connectivity index (χ3n) is 3.32. The minimum atomic E-state index is -0.564. The van der Waals surface area contributed by atoms with E-state index in [4.69, 9.17) is 9.84 Å².